The van der Waals surface area contributed by atoms with Gasteiger partial charge < -0.3 is 4.74 Å². The van der Waals surface area contributed by atoms with E-state index in [2.05, 4.69) is 4.74 Å². The normalized spacial score (nSPS) is 11.3. The van der Waals surface area contributed by atoms with Gasteiger partial charge in [0.25, 0.3) is 0 Å². The highest BCUT2D eigenvalue weighted by Gasteiger charge is 2.40. The van der Waals surface area contributed by atoms with Crippen LogP contribution in [0.2, 0.25) is 0 Å². The number of rotatable bonds is 5. The number of esters is 1. The zero-order valence-electron chi connectivity index (χ0n) is 9.49. The summed E-state index contributed by atoms with van der Waals surface area (Å²) in [6, 6.07) is 7.32. The molecular weight excluding hydrogens is 285 g/mol. The van der Waals surface area contributed by atoms with Crippen LogP contribution in [0.4, 0.5) is 13.2 Å². The van der Waals surface area contributed by atoms with E-state index in [1.807, 2.05) is 19.1 Å². The summed E-state index contributed by atoms with van der Waals surface area (Å²) in [6.45, 7) is 2.03. The fraction of sp³-hybridized carbons (Fsp3) is 0.364. The van der Waals surface area contributed by atoms with Gasteiger partial charge >= 0.3 is 12.1 Å². The summed E-state index contributed by atoms with van der Waals surface area (Å²) in [7, 11) is 0. The number of carbonyl (C=O) groups excluding carboxylic acids is 1. The third kappa shape index (κ3) is 5.22. The molecule has 0 fully saturated rings. The number of alkyl halides is 3. The molecule has 7 heteroatoms. The molecule has 0 aliphatic carbocycles. The molecule has 0 radical (unpaired) electrons. The van der Waals surface area contributed by atoms with Crippen molar-refractivity contribution in [2.45, 2.75) is 22.9 Å². The van der Waals surface area contributed by atoms with Gasteiger partial charge in [-0.2, -0.15) is 13.2 Å². The predicted octanol–water partition coefficient (Wildman–Crippen LogP) is 3.95. The minimum absolute atomic E-state index is 0.349. The maximum Gasteiger partial charge on any atom is 0.490 e. The van der Waals surface area contributed by atoms with Crippen molar-refractivity contribution < 1.29 is 22.7 Å². The molecule has 1 aromatic carbocycles. The average molecular weight is 296 g/mol. The molecule has 0 unspecified atom stereocenters. The summed E-state index contributed by atoms with van der Waals surface area (Å²) in [4.78, 5) is 12.3. The van der Waals surface area contributed by atoms with Gasteiger partial charge in [0.15, 0.2) is 0 Å². The van der Waals surface area contributed by atoms with Gasteiger partial charge in [0.05, 0.1) is 0 Å². The van der Waals surface area contributed by atoms with Crippen molar-refractivity contribution in [2.75, 3.05) is 11.7 Å². The van der Waals surface area contributed by atoms with Gasteiger partial charge in [0.2, 0.25) is 0 Å². The molecular formula is C11H11F3O2S2. The van der Waals surface area contributed by atoms with E-state index < -0.39 is 12.1 Å². The average Bonchev–Trinajstić information content (AvgIpc) is 2.30. The molecule has 1 rings (SSSR count). The SMILES string of the molecule is CCSc1ccc(SCOC(=O)C(F)(F)F)cc1. The topological polar surface area (TPSA) is 26.3 Å². The minimum atomic E-state index is -4.93. The minimum Gasteiger partial charge on any atom is -0.448 e. The van der Waals surface area contributed by atoms with Gasteiger partial charge in [-0.1, -0.05) is 18.7 Å². The Bertz CT molecular complexity index is 390. The Morgan fingerprint density at radius 2 is 1.67 bits per heavy atom. The summed E-state index contributed by atoms with van der Waals surface area (Å²) in [5.74, 6) is -1.55. The van der Waals surface area contributed by atoms with Crippen molar-refractivity contribution in [3.63, 3.8) is 0 Å². The second-order valence-electron chi connectivity index (χ2n) is 3.10. The zero-order valence-corrected chi connectivity index (χ0v) is 11.1. The van der Waals surface area contributed by atoms with Gasteiger partial charge in [-0.25, -0.2) is 4.79 Å². The van der Waals surface area contributed by atoms with Crippen LogP contribution in [0.1, 0.15) is 6.92 Å². The van der Waals surface area contributed by atoms with Crippen molar-refractivity contribution in [3.8, 4) is 0 Å². The quantitative estimate of drug-likeness (QED) is 0.467. The van der Waals surface area contributed by atoms with Crippen LogP contribution >= 0.6 is 23.5 Å². The number of ether oxygens (including phenoxy) is 1. The largest absolute Gasteiger partial charge is 0.490 e. The van der Waals surface area contributed by atoms with Crippen LogP contribution in [0.5, 0.6) is 0 Å². The summed E-state index contributed by atoms with van der Waals surface area (Å²) in [5, 5.41) is 0. The second kappa shape index (κ2) is 6.94. The molecule has 1 aromatic rings. The van der Waals surface area contributed by atoms with E-state index in [4.69, 9.17) is 0 Å². The molecule has 0 aliphatic rings. The summed E-state index contributed by atoms with van der Waals surface area (Å²) >= 11 is 2.71. The Balaban J connectivity index is 2.38. The Labute approximate surface area is 111 Å². The lowest BCUT2D eigenvalue weighted by Crippen LogP contribution is -2.25. The van der Waals surface area contributed by atoms with Crippen molar-refractivity contribution in [3.05, 3.63) is 24.3 Å². The molecule has 0 amide bonds. The fourth-order valence-corrected chi connectivity index (χ4v) is 2.32. The van der Waals surface area contributed by atoms with Gasteiger partial charge in [-0.3, -0.25) is 0 Å². The Hall–Kier alpha value is -0.820. The first-order valence-corrected chi connectivity index (χ1v) is 7.00. The van der Waals surface area contributed by atoms with E-state index in [9.17, 15) is 18.0 Å². The van der Waals surface area contributed by atoms with Crippen LogP contribution in [0, 0.1) is 0 Å². The molecule has 0 aliphatic heterocycles. The molecule has 0 heterocycles. The summed E-state index contributed by atoms with van der Waals surface area (Å²) in [6.07, 6.45) is -4.93. The highest BCUT2D eigenvalue weighted by atomic mass is 32.2. The lowest BCUT2D eigenvalue weighted by molar-refractivity contribution is -0.197. The van der Waals surface area contributed by atoms with Gasteiger partial charge in [-0.15, -0.1) is 11.8 Å². The number of halogens is 3. The number of hydrogen-bond acceptors (Lipinski definition) is 4. The van der Waals surface area contributed by atoms with Crippen LogP contribution in [-0.4, -0.2) is 23.8 Å². The molecule has 0 atom stereocenters. The first-order valence-electron chi connectivity index (χ1n) is 5.03. The zero-order chi connectivity index (χ0) is 13.6. The van der Waals surface area contributed by atoms with E-state index in [1.54, 1.807) is 23.9 Å². The van der Waals surface area contributed by atoms with E-state index in [-0.39, 0.29) is 5.94 Å². The molecule has 0 aromatic heterocycles. The highest BCUT2D eigenvalue weighted by molar-refractivity contribution is 7.99. The number of hydrogen-bond donors (Lipinski definition) is 0. The smallest absolute Gasteiger partial charge is 0.448 e. The molecule has 0 N–H and O–H groups in total. The Kier molecular flexibility index (Phi) is 5.87. The second-order valence-corrected chi connectivity index (χ2v) is 5.43. The van der Waals surface area contributed by atoms with E-state index >= 15 is 0 Å². The molecule has 2 nitrogen and oxygen atoms in total. The number of benzene rings is 1. The van der Waals surface area contributed by atoms with E-state index in [1.165, 1.54) is 0 Å². The van der Waals surface area contributed by atoms with Crippen molar-refractivity contribution in [1.29, 1.82) is 0 Å². The lowest BCUT2D eigenvalue weighted by Gasteiger charge is -2.07. The summed E-state index contributed by atoms with van der Waals surface area (Å²) < 4.78 is 39.6. The van der Waals surface area contributed by atoms with Gasteiger partial charge in [-0.05, 0) is 30.0 Å². The predicted molar refractivity (Wildman–Crippen MR) is 65.7 cm³/mol. The van der Waals surface area contributed by atoms with Crippen molar-refractivity contribution >= 4 is 29.5 Å². The van der Waals surface area contributed by atoms with Crippen LogP contribution < -0.4 is 0 Å². The molecule has 18 heavy (non-hydrogen) atoms. The van der Waals surface area contributed by atoms with Crippen LogP contribution in [-0.2, 0) is 9.53 Å². The standard InChI is InChI=1S/C11H11F3O2S2/c1-2-17-8-3-5-9(6-4-8)18-7-16-10(15)11(12,13)14/h3-6H,2,7H2,1H3. The number of thioether (sulfide) groups is 2. The summed E-state index contributed by atoms with van der Waals surface area (Å²) in [5.41, 5.74) is 0. The maximum absolute atomic E-state index is 11.8. The highest BCUT2D eigenvalue weighted by Crippen LogP contribution is 2.24. The van der Waals surface area contributed by atoms with Crippen LogP contribution in [0.3, 0.4) is 0 Å². The maximum atomic E-state index is 11.8. The first-order chi connectivity index (χ1) is 8.43. The van der Waals surface area contributed by atoms with Gasteiger partial charge in [0, 0.05) is 9.79 Å². The fourth-order valence-electron chi connectivity index (χ4n) is 1.03. The monoisotopic (exact) mass is 296 g/mol. The first kappa shape index (κ1) is 15.2. The van der Waals surface area contributed by atoms with Crippen molar-refractivity contribution in [2.24, 2.45) is 0 Å². The molecule has 0 saturated heterocycles. The van der Waals surface area contributed by atoms with E-state index in [0.717, 1.165) is 27.3 Å². The molecule has 0 spiro atoms. The molecule has 100 valence electrons. The Morgan fingerprint density at radius 1 is 1.17 bits per heavy atom. The van der Waals surface area contributed by atoms with E-state index in [0.29, 0.717) is 0 Å². The third-order valence-electron chi connectivity index (χ3n) is 1.78. The number of carbonyl (C=O) groups is 1. The lowest BCUT2D eigenvalue weighted by atomic mass is 10.4. The Morgan fingerprint density at radius 3 is 2.11 bits per heavy atom. The molecule has 0 bridgehead atoms. The van der Waals surface area contributed by atoms with Crippen LogP contribution in [0.25, 0.3) is 0 Å². The third-order valence-corrected chi connectivity index (χ3v) is 3.52. The van der Waals surface area contributed by atoms with Gasteiger partial charge in [0.1, 0.15) is 5.94 Å². The molecule has 0 saturated carbocycles. The van der Waals surface area contributed by atoms with Crippen LogP contribution in [0.15, 0.2) is 34.1 Å². The van der Waals surface area contributed by atoms with Crippen molar-refractivity contribution in [1.82, 2.24) is 0 Å².